The second-order valence-corrected chi connectivity index (χ2v) is 11.5. The molecule has 0 unspecified atom stereocenters. The van der Waals surface area contributed by atoms with Gasteiger partial charge in [0.15, 0.2) is 5.78 Å². The molecular weight excluding hydrogens is 536 g/mol. The van der Waals surface area contributed by atoms with Gasteiger partial charge < -0.3 is 20.6 Å². The Bertz CT molecular complexity index is 1510. The van der Waals surface area contributed by atoms with Crippen LogP contribution in [0.2, 0.25) is 0 Å². The first kappa shape index (κ1) is 28.4. The highest BCUT2D eigenvalue weighted by Crippen LogP contribution is 2.32. The van der Waals surface area contributed by atoms with Gasteiger partial charge in [-0.05, 0) is 85.2 Å². The minimum Gasteiger partial charge on any atom is -0.395 e. The SMILES string of the molecule is Cc1c(NC(=O)c2cc3c(s2)CCCCC3)cccc1C1=CCC(=O)C(Nc2ccc(C(=O)N(C)CCO)cn2)=C1. The van der Waals surface area contributed by atoms with Crippen LogP contribution in [0.5, 0.6) is 0 Å². The first-order valence-corrected chi connectivity index (χ1v) is 14.7. The topological polar surface area (TPSA) is 112 Å². The van der Waals surface area contributed by atoms with Gasteiger partial charge in [0.1, 0.15) is 5.82 Å². The number of rotatable bonds is 8. The molecule has 8 nitrogen and oxygen atoms in total. The summed E-state index contributed by atoms with van der Waals surface area (Å²) in [5, 5.41) is 15.3. The molecule has 0 bridgehead atoms. The van der Waals surface area contributed by atoms with Crippen molar-refractivity contribution in [1.82, 2.24) is 9.88 Å². The Morgan fingerprint density at radius 1 is 1.12 bits per heavy atom. The largest absolute Gasteiger partial charge is 0.395 e. The number of carbonyl (C=O) groups is 3. The molecule has 2 aromatic heterocycles. The van der Waals surface area contributed by atoms with Gasteiger partial charge in [0.2, 0.25) is 0 Å². The number of likely N-dealkylation sites (N-methyl/N-ethyl adjacent to an activating group) is 1. The third kappa shape index (κ3) is 6.47. The van der Waals surface area contributed by atoms with Crippen molar-refractivity contribution in [3.8, 4) is 0 Å². The number of nitrogens with one attached hydrogen (secondary N) is 2. The number of benzene rings is 1. The van der Waals surface area contributed by atoms with Crippen LogP contribution in [0.4, 0.5) is 11.5 Å². The molecule has 2 aliphatic carbocycles. The zero-order valence-electron chi connectivity index (χ0n) is 23.3. The lowest BCUT2D eigenvalue weighted by Gasteiger charge is -2.18. The molecule has 0 aliphatic heterocycles. The van der Waals surface area contributed by atoms with E-state index in [2.05, 4.69) is 21.7 Å². The molecule has 3 N–H and O–H groups in total. The van der Waals surface area contributed by atoms with Gasteiger partial charge in [0.25, 0.3) is 11.8 Å². The zero-order valence-corrected chi connectivity index (χ0v) is 24.1. The Kier molecular flexibility index (Phi) is 8.75. The number of aryl methyl sites for hydroxylation is 2. The smallest absolute Gasteiger partial charge is 0.265 e. The lowest BCUT2D eigenvalue weighted by atomic mass is 9.93. The van der Waals surface area contributed by atoms with Crippen molar-refractivity contribution in [2.75, 3.05) is 30.8 Å². The maximum atomic E-state index is 13.2. The number of aliphatic hydroxyl groups is 1. The van der Waals surface area contributed by atoms with Crippen LogP contribution in [0.1, 0.15) is 67.3 Å². The maximum Gasteiger partial charge on any atom is 0.265 e. The molecule has 2 amide bonds. The number of thiophene rings is 1. The van der Waals surface area contributed by atoms with Crippen LogP contribution in [0.25, 0.3) is 5.57 Å². The number of hydrogen-bond donors (Lipinski definition) is 3. The second kappa shape index (κ2) is 12.6. The highest BCUT2D eigenvalue weighted by Gasteiger charge is 2.20. The van der Waals surface area contributed by atoms with E-state index in [1.807, 2.05) is 31.2 Å². The van der Waals surface area contributed by atoms with Crippen molar-refractivity contribution >= 4 is 46.0 Å². The van der Waals surface area contributed by atoms with Crippen molar-refractivity contribution in [3.05, 3.63) is 92.5 Å². The Balaban J connectivity index is 1.31. The molecular formula is C32H34N4O4S. The summed E-state index contributed by atoms with van der Waals surface area (Å²) in [5.41, 5.74) is 5.57. The fourth-order valence-electron chi connectivity index (χ4n) is 5.15. The van der Waals surface area contributed by atoms with E-state index in [0.717, 1.165) is 40.1 Å². The fourth-order valence-corrected chi connectivity index (χ4v) is 6.30. The van der Waals surface area contributed by atoms with Gasteiger partial charge in [-0.25, -0.2) is 4.98 Å². The zero-order chi connectivity index (χ0) is 28.9. The van der Waals surface area contributed by atoms with Gasteiger partial charge in [-0.1, -0.05) is 24.6 Å². The molecule has 41 heavy (non-hydrogen) atoms. The van der Waals surface area contributed by atoms with Crippen LogP contribution < -0.4 is 10.6 Å². The average molecular weight is 571 g/mol. The van der Waals surface area contributed by atoms with E-state index in [1.54, 1.807) is 36.6 Å². The summed E-state index contributed by atoms with van der Waals surface area (Å²) in [6, 6.07) is 11.1. The summed E-state index contributed by atoms with van der Waals surface area (Å²) in [4.78, 5) is 46.1. The molecule has 5 rings (SSSR count). The predicted octanol–water partition coefficient (Wildman–Crippen LogP) is 5.39. The minimum absolute atomic E-state index is 0.0713. The van der Waals surface area contributed by atoms with Gasteiger partial charge in [-0.15, -0.1) is 11.3 Å². The van der Waals surface area contributed by atoms with Gasteiger partial charge in [-0.3, -0.25) is 14.4 Å². The molecule has 0 fully saturated rings. The van der Waals surface area contributed by atoms with Gasteiger partial charge >= 0.3 is 0 Å². The van der Waals surface area contributed by atoms with E-state index < -0.39 is 0 Å². The monoisotopic (exact) mass is 570 g/mol. The molecule has 0 spiro atoms. The molecule has 0 atom stereocenters. The van der Waals surface area contributed by atoms with Crippen LogP contribution in [-0.4, -0.2) is 52.8 Å². The maximum absolute atomic E-state index is 13.2. The van der Waals surface area contributed by atoms with Crippen LogP contribution in [0.15, 0.2) is 60.4 Å². The summed E-state index contributed by atoms with van der Waals surface area (Å²) in [6.07, 6.45) is 11.1. The highest BCUT2D eigenvalue weighted by atomic mass is 32.1. The Morgan fingerprint density at radius 3 is 2.73 bits per heavy atom. The minimum atomic E-state index is -0.243. The number of amides is 2. The van der Waals surface area contributed by atoms with Gasteiger partial charge in [-0.2, -0.15) is 0 Å². The first-order valence-electron chi connectivity index (χ1n) is 13.9. The predicted molar refractivity (Wildman–Crippen MR) is 162 cm³/mol. The number of aromatic nitrogens is 1. The number of fused-ring (bicyclic) bond motifs is 1. The number of ketones is 1. The molecule has 9 heteroatoms. The van der Waals surface area contributed by atoms with Crippen LogP contribution in [-0.2, 0) is 17.6 Å². The van der Waals surface area contributed by atoms with E-state index in [-0.39, 0.29) is 37.2 Å². The summed E-state index contributed by atoms with van der Waals surface area (Å²) in [7, 11) is 1.61. The van der Waals surface area contributed by atoms with Crippen molar-refractivity contribution in [2.45, 2.75) is 45.4 Å². The Hall–Kier alpha value is -4.08. The number of Topliss-reactive ketones (excluding diaryl/α,β-unsaturated/α-hetero) is 1. The van der Waals surface area contributed by atoms with Crippen LogP contribution in [0.3, 0.4) is 0 Å². The third-order valence-electron chi connectivity index (χ3n) is 7.53. The molecule has 0 saturated heterocycles. The number of hydrogen-bond acceptors (Lipinski definition) is 7. The Labute approximate surface area is 243 Å². The summed E-state index contributed by atoms with van der Waals surface area (Å²) >= 11 is 1.61. The molecule has 2 heterocycles. The number of carbonyl (C=O) groups excluding carboxylic acids is 3. The standard InChI is InChI=1S/C32H34N4O4S/c1-20-24(8-6-9-25(20)35-31(39)29-18-22-7-4-3-5-10-28(22)41-29)21-11-13-27(38)26(17-21)34-30-14-12-23(19-33-30)32(40)36(2)15-16-37/h6,8-9,11-12,14,17-19,37H,3-5,7,10,13,15-16H2,1-2H3,(H,33,34)(H,35,39). The van der Waals surface area contributed by atoms with Crippen LogP contribution >= 0.6 is 11.3 Å². The van der Waals surface area contributed by atoms with Crippen molar-refractivity contribution in [3.63, 3.8) is 0 Å². The van der Waals surface area contributed by atoms with E-state index in [4.69, 9.17) is 5.11 Å². The van der Waals surface area contributed by atoms with Crippen LogP contribution in [0, 0.1) is 6.92 Å². The van der Waals surface area contributed by atoms with Gasteiger partial charge in [0, 0.05) is 36.8 Å². The molecule has 0 radical (unpaired) electrons. The Morgan fingerprint density at radius 2 is 1.95 bits per heavy atom. The number of anilines is 2. The van der Waals surface area contributed by atoms with Crippen molar-refractivity contribution in [2.24, 2.45) is 0 Å². The van der Waals surface area contributed by atoms with E-state index in [1.165, 1.54) is 40.8 Å². The normalized spacial score (nSPS) is 14.9. The summed E-state index contributed by atoms with van der Waals surface area (Å²) < 4.78 is 0. The average Bonchev–Trinajstić information content (AvgIpc) is 3.26. The lowest BCUT2D eigenvalue weighted by Crippen LogP contribution is -2.29. The molecule has 3 aromatic rings. The number of pyridine rings is 1. The third-order valence-corrected chi connectivity index (χ3v) is 8.76. The highest BCUT2D eigenvalue weighted by molar-refractivity contribution is 7.14. The van der Waals surface area contributed by atoms with E-state index in [0.29, 0.717) is 17.1 Å². The van der Waals surface area contributed by atoms with E-state index in [9.17, 15) is 14.4 Å². The van der Waals surface area contributed by atoms with Gasteiger partial charge in [0.05, 0.1) is 22.7 Å². The van der Waals surface area contributed by atoms with Crippen molar-refractivity contribution < 1.29 is 19.5 Å². The van der Waals surface area contributed by atoms with Crippen molar-refractivity contribution in [1.29, 1.82) is 0 Å². The first-order chi connectivity index (χ1) is 19.8. The lowest BCUT2D eigenvalue weighted by molar-refractivity contribution is -0.114. The molecule has 1 aromatic carbocycles. The fraction of sp³-hybridized carbons (Fsp3) is 0.312. The number of nitrogens with zero attached hydrogens (tertiary/aromatic N) is 2. The second-order valence-electron chi connectivity index (χ2n) is 10.4. The molecule has 0 saturated carbocycles. The molecule has 2 aliphatic rings. The quantitative estimate of drug-likeness (QED) is 0.313. The summed E-state index contributed by atoms with van der Waals surface area (Å²) in [5.74, 6) is 0.0367. The number of allylic oxidation sites excluding steroid dienone is 4. The summed E-state index contributed by atoms with van der Waals surface area (Å²) in [6.45, 7) is 2.08. The number of aliphatic hydroxyl groups excluding tert-OH is 1. The van der Waals surface area contributed by atoms with E-state index >= 15 is 0 Å². The molecule has 212 valence electrons.